The van der Waals surface area contributed by atoms with Crippen molar-refractivity contribution in [1.82, 2.24) is 5.32 Å². The van der Waals surface area contributed by atoms with Gasteiger partial charge in [0.15, 0.2) is 0 Å². The van der Waals surface area contributed by atoms with Gasteiger partial charge in [0.05, 0.1) is 0 Å². The summed E-state index contributed by atoms with van der Waals surface area (Å²) in [5.74, 6) is -0.0560. The number of nitrogens with one attached hydrogen (secondary N) is 1. The van der Waals surface area contributed by atoms with Gasteiger partial charge < -0.3 is 5.32 Å². The van der Waals surface area contributed by atoms with Gasteiger partial charge in [0.1, 0.15) is 5.88 Å². The molecule has 0 unspecified atom stereocenters. The van der Waals surface area contributed by atoms with Gasteiger partial charge in [0, 0.05) is 11.4 Å². The first-order chi connectivity index (χ1) is 6.24. The Bertz CT molecular complexity index is 285. The first kappa shape index (κ1) is 10.5. The Kier molecular flexibility index (Phi) is 4.25. The number of carbonyl (C=O) groups excluding carboxylic acids is 1. The van der Waals surface area contributed by atoms with E-state index in [1.807, 2.05) is 0 Å². The van der Waals surface area contributed by atoms with Crippen molar-refractivity contribution in [3.63, 3.8) is 0 Å². The summed E-state index contributed by atoms with van der Waals surface area (Å²) in [4.78, 5) is 12.1. The van der Waals surface area contributed by atoms with E-state index in [0.29, 0.717) is 6.54 Å². The smallest absolute Gasteiger partial charge is 0.234 e. The van der Waals surface area contributed by atoms with Gasteiger partial charge in [0.25, 0.3) is 0 Å². The van der Waals surface area contributed by atoms with E-state index in [2.05, 4.69) is 23.7 Å². The van der Waals surface area contributed by atoms with Crippen LogP contribution in [-0.4, -0.2) is 18.3 Å². The third-order valence-electron chi connectivity index (χ3n) is 1.76. The maximum absolute atomic E-state index is 10.8. The van der Waals surface area contributed by atoms with Crippen LogP contribution in [0.4, 0.5) is 0 Å². The van der Waals surface area contributed by atoms with Crippen LogP contribution in [0.1, 0.15) is 10.4 Å². The maximum Gasteiger partial charge on any atom is 0.234 e. The molecule has 0 aromatic carbocycles. The van der Waals surface area contributed by atoms with E-state index in [-0.39, 0.29) is 11.8 Å². The van der Waals surface area contributed by atoms with Crippen LogP contribution in [-0.2, 0) is 11.2 Å². The molecule has 0 atom stereocenters. The molecule has 1 heterocycles. The highest BCUT2D eigenvalue weighted by Gasteiger charge is 2.01. The number of halogens is 1. The highest BCUT2D eigenvalue weighted by molar-refractivity contribution is 7.10. The van der Waals surface area contributed by atoms with Crippen molar-refractivity contribution in [2.45, 2.75) is 13.3 Å². The molecule has 0 saturated heterocycles. The van der Waals surface area contributed by atoms with E-state index in [0.717, 1.165) is 6.42 Å². The Labute approximate surface area is 86.9 Å². The third-order valence-corrected chi connectivity index (χ3v) is 3.09. The summed E-state index contributed by atoms with van der Waals surface area (Å²) in [6, 6.07) is 2.09. The number of carbonyl (C=O) groups is 1. The van der Waals surface area contributed by atoms with Crippen LogP contribution < -0.4 is 5.32 Å². The zero-order valence-electron chi connectivity index (χ0n) is 7.47. The largest absolute Gasteiger partial charge is 0.355 e. The molecule has 0 aliphatic heterocycles. The minimum absolute atomic E-state index is 0.0451. The van der Waals surface area contributed by atoms with Gasteiger partial charge in [-0.3, -0.25) is 4.79 Å². The number of hydrogen-bond acceptors (Lipinski definition) is 2. The van der Waals surface area contributed by atoms with Crippen molar-refractivity contribution in [2.24, 2.45) is 0 Å². The van der Waals surface area contributed by atoms with E-state index in [4.69, 9.17) is 11.6 Å². The Balaban J connectivity index is 2.28. The first-order valence-electron chi connectivity index (χ1n) is 4.09. The monoisotopic (exact) mass is 217 g/mol. The average Bonchev–Trinajstić information content (AvgIpc) is 2.52. The molecule has 0 aliphatic carbocycles. The summed E-state index contributed by atoms with van der Waals surface area (Å²) in [6.45, 7) is 2.75. The van der Waals surface area contributed by atoms with Crippen molar-refractivity contribution in [3.05, 3.63) is 21.9 Å². The summed E-state index contributed by atoms with van der Waals surface area (Å²) in [5, 5.41) is 4.80. The van der Waals surface area contributed by atoms with E-state index in [1.54, 1.807) is 11.3 Å². The van der Waals surface area contributed by atoms with E-state index in [9.17, 15) is 4.79 Å². The quantitative estimate of drug-likeness (QED) is 0.768. The molecule has 1 aromatic heterocycles. The Morgan fingerprint density at radius 2 is 2.46 bits per heavy atom. The van der Waals surface area contributed by atoms with Crippen molar-refractivity contribution < 1.29 is 4.79 Å². The Hall–Kier alpha value is -0.540. The Morgan fingerprint density at radius 1 is 1.69 bits per heavy atom. The van der Waals surface area contributed by atoms with Gasteiger partial charge >= 0.3 is 0 Å². The number of aryl methyl sites for hydroxylation is 1. The fraction of sp³-hybridized carbons (Fsp3) is 0.444. The first-order valence-corrected chi connectivity index (χ1v) is 5.51. The molecular formula is C9H12ClNOS. The molecule has 2 nitrogen and oxygen atoms in total. The van der Waals surface area contributed by atoms with Crippen LogP contribution in [0.2, 0.25) is 0 Å². The maximum atomic E-state index is 10.8. The average molecular weight is 218 g/mol. The highest BCUT2D eigenvalue weighted by Crippen LogP contribution is 2.15. The van der Waals surface area contributed by atoms with Gasteiger partial charge in [-0.15, -0.1) is 22.9 Å². The molecule has 72 valence electrons. The van der Waals surface area contributed by atoms with Crippen molar-refractivity contribution in [2.75, 3.05) is 12.4 Å². The zero-order valence-corrected chi connectivity index (χ0v) is 9.04. The second-order valence-electron chi connectivity index (χ2n) is 2.76. The third kappa shape index (κ3) is 3.36. The predicted octanol–water partition coefficient (Wildman–Crippen LogP) is 1.95. The molecule has 0 radical (unpaired) electrons. The van der Waals surface area contributed by atoms with Gasteiger partial charge in [0.2, 0.25) is 5.91 Å². The van der Waals surface area contributed by atoms with E-state index < -0.39 is 0 Å². The second kappa shape index (κ2) is 5.25. The molecular weight excluding hydrogens is 206 g/mol. The molecule has 1 rings (SSSR count). The summed E-state index contributed by atoms with van der Waals surface area (Å²) in [5.41, 5.74) is 1.30. The molecule has 13 heavy (non-hydrogen) atoms. The summed E-state index contributed by atoms with van der Waals surface area (Å²) in [6.07, 6.45) is 0.895. The van der Waals surface area contributed by atoms with Crippen LogP contribution in [0.3, 0.4) is 0 Å². The van der Waals surface area contributed by atoms with Gasteiger partial charge in [-0.05, 0) is 30.4 Å². The van der Waals surface area contributed by atoms with Crippen LogP contribution in [0.15, 0.2) is 11.4 Å². The SMILES string of the molecule is Cc1ccsc1CCNC(=O)CCl. The lowest BCUT2D eigenvalue weighted by Crippen LogP contribution is -2.26. The van der Waals surface area contributed by atoms with Crippen molar-refractivity contribution in [3.8, 4) is 0 Å². The lowest BCUT2D eigenvalue weighted by atomic mass is 10.2. The molecule has 0 spiro atoms. The standard InChI is InChI=1S/C9H12ClNOS/c1-7-3-5-13-8(7)2-4-11-9(12)6-10/h3,5H,2,4,6H2,1H3,(H,11,12). The highest BCUT2D eigenvalue weighted by atomic mass is 35.5. The van der Waals surface area contributed by atoms with Crippen molar-refractivity contribution >= 4 is 28.8 Å². The summed E-state index contributed by atoms with van der Waals surface area (Å²) >= 11 is 7.06. The minimum atomic E-state index is -0.101. The molecule has 0 bridgehead atoms. The topological polar surface area (TPSA) is 29.1 Å². The fourth-order valence-corrected chi connectivity index (χ4v) is 2.03. The normalized spacial score (nSPS) is 10.0. The summed E-state index contributed by atoms with van der Waals surface area (Å²) < 4.78 is 0. The molecule has 0 fully saturated rings. The van der Waals surface area contributed by atoms with Gasteiger partial charge in [-0.25, -0.2) is 0 Å². The fourth-order valence-electron chi connectivity index (χ4n) is 1.02. The number of alkyl halides is 1. The molecule has 1 aromatic rings. The lowest BCUT2D eigenvalue weighted by molar-refractivity contribution is -0.118. The van der Waals surface area contributed by atoms with Gasteiger partial charge in [-0.1, -0.05) is 0 Å². The minimum Gasteiger partial charge on any atom is -0.355 e. The summed E-state index contributed by atoms with van der Waals surface area (Å²) in [7, 11) is 0. The predicted molar refractivity (Wildman–Crippen MR) is 56.5 cm³/mol. The van der Waals surface area contributed by atoms with Crippen molar-refractivity contribution in [1.29, 1.82) is 0 Å². The van der Waals surface area contributed by atoms with Gasteiger partial charge in [-0.2, -0.15) is 0 Å². The number of rotatable bonds is 4. The Morgan fingerprint density at radius 3 is 3.00 bits per heavy atom. The van der Waals surface area contributed by atoms with Crippen LogP contribution >= 0.6 is 22.9 Å². The van der Waals surface area contributed by atoms with E-state index >= 15 is 0 Å². The van der Waals surface area contributed by atoms with Crippen LogP contribution in [0.25, 0.3) is 0 Å². The second-order valence-corrected chi connectivity index (χ2v) is 4.03. The van der Waals surface area contributed by atoms with Crippen LogP contribution in [0.5, 0.6) is 0 Å². The molecule has 4 heteroatoms. The molecule has 1 N–H and O–H groups in total. The van der Waals surface area contributed by atoms with Crippen LogP contribution in [0, 0.1) is 6.92 Å². The molecule has 1 amide bonds. The lowest BCUT2D eigenvalue weighted by Gasteiger charge is -2.01. The van der Waals surface area contributed by atoms with E-state index in [1.165, 1.54) is 10.4 Å². The zero-order chi connectivity index (χ0) is 9.68. The molecule has 0 aliphatic rings. The number of thiophene rings is 1. The number of hydrogen-bond donors (Lipinski definition) is 1. The number of amides is 1. The molecule has 0 saturated carbocycles.